The number of ether oxygens (including phenoxy) is 1. The second-order valence-electron chi connectivity index (χ2n) is 5.83. The quantitative estimate of drug-likeness (QED) is 0.358. The first-order valence-electron chi connectivity index (χ1n) is 7.96. The summed E-state index contributed by atoms with van der Waals surface area (Å²) in [7, 11) is 0. The minimum Gasteiger partial charge on any atom is -0.373 e. The molecule has 3 unspecified atom stereocenters. The van der Waals surface area contributed by atoms with Gasteiger partial charge in [0.15, 0.2) is 5.96 Å². The Labute approximate surface area is 129 Å². The van der Waals surface area contributed by atoms with Gasteiger partial charge in [-0.25, -0.2) is 4.79 Å². The second kappa shape index (κ2) is 6.51. The van der Waals surface area contributed by atoms with Crippen molar-refractivity contribution in [3.05, 3.63) is 0 Å². The van der Waals surface area contributed by atoms with E-state index in [1.54, 1.807) is 0 Å². The summed E-state index contributed by atoms with van der Waals surface area (Å²) >= 11 is 0. The van der Waals surface area contributed by atoms with Gasteiger partial charge in [0, 0.05) is 6.54 Å². The van der Waals surface area contributed by atoms with Gasteiger partial charge in [-0.2, -0.15) is 0 Å². The Morgan fingerprint density at radius 3 is 2.91 bits per heavy atom. The Morgan fingerprint density at radius 2 is 2.32 bits per heavy atom. The average molecular weight is 309 g/mol. The van der Waals surface area contributed by atoms with E-state index in [0.717, 1.165) is 31.8 Å². The molecule has 8 nitrogen and oxygen atoms in total. The Morgan fingerprint density at radius 1 is 1.45 bits per heavy atom. The van der Waals surface area contributed by atoms with E-state index in [0.29, 0.717) is 25.2 Å². The minimum absolute atomic E-state index is 0.0867. The van der Waals surface area contributed by atoms with Crippen LogP contribution in [0.15, 0.2) is 4.99 Å². The summed E-state index contributed by atoms with van der Waals surface area (Å²) in [4.78, 5) is 28.6. The average Bonchev–Trinajstić information content (AvgIpc) is 3.18. The molecule has 8 heteroatoms. The standard InChI is InChI=1S/C14H23N5O3/c1-2-15-13(18-10-7-9-3-4-11(10)22-9)16-5-6-19-12(20)8-17-14(19)21/h9-11H,2-8H2,1H3,(H,17,21)(H2,15,16,18). The van der Waals surface area contributed by atoms with Gasteiger partial charge in [0.1, 0.15) is 0 Å². The van der Waals surface area contributed by atoms with E-state index in [-0.39, 0.29) is 24.6 Å². The van der Waals surface area contributed by atoms with E-state index in [2.05, 4.69) is 20.9 Å². The third-order valence-electron chi connectivity index (χ3n) is 4.30. The van der Waals surface area contributed by atoms with Crippen molar-refractivity contribution in [1.29, 1.82) is 0 Å². The Kier molecular flexibility index (Phi) is 4.47. The van der Waals surface area contributed by atoms with Crippen LogP contribution >= 0.6 is 0 Å². The summed E-state index contributed by atoms with van der Waals surface area (Å²) in [6.07, 6.45) is 3.94. The first-order valence-corrected chi connectivity index (χ1v) is 7.96. The van der Waals surface area contributed by atoms with Crippen molar-refractivity contribution in [2.24, 2.45) is 4.99 Å². The third-order valence-corrected chi connectivity index (χ3v) is 4.30. The van der Waals surface area contributed by atoms with E-state index in [4.69, 9.17) is 4.74 Å². The SMILES string of the molecule is CCNC(=NCCN1C(=O)CNC1=O)NC1CC2CCC1O2. The highest BCUT2D eigenvalue weighted by atomic mass is 16.5. The normalized spacial score (nSPS) is 30.9. The molecule has 3 aliphatic rings. The maximum absolute atomic E-state index is 11.5. The number of nitrogens with zero attached hydrogens (tertiary/aromatic N) is 2. The lowest BCUT2D eigenvalue weighted by molar-refractivity contribution is -0.124. The van der Waals surface area contributed by atoms with Crippen molar-refractivity contribution in [3.63, 3.8) is 0 Å². The number of hydrogen-bond acceptors (Lipinski definition) is 4. The van der Waals surface area contributed by atoms with Crippen LogP contribution in [0, 0.1) is 0 Å². The van der Waals surface area contributed by atoms with Crippen LogP contribution in [-0.2, 0) is 9.53 Å². The van der Waals surface area contributed by atoms with E-state index >= 15 is 0 Å². The zero-order valence-corrected chi connectivity index (χ0v) is 12.8. The molecule has 0 aliphatic carbocycles. The number of hydrogen-bond donors (Lipinski definition) is 3. The molecule has 22 heavy (non-hydrogen) atoms. The van der Waals surface area contributed by atoms with Crippen LogP contribution in [0.5, 0.6) is 0 Å². The van der Waals surface area contributed by atoms with E-state index in [1.165, 1.54) is 4.90 Å². The number of carbonyl (C=O) groups excluding carboxylic acids is 2. The lowest BCUT2D eigenvalue weighted by Crippen LogP contribution is -2.47. The number of imide groups is 1. The molecule has 3 fully saturated rings. The Balaban J connectivity index is 1.51. The Bertz CT molecular complexity index is 465. The van der Waals surface area contributed by atoms with Crippen LogP contribution < -0.4 is 16.0 Å². The predicted molar refractivity (Wildman–Crippen MR) is 80.5 cm³/mol. The van der Waals surface area contributed by atoms with E-state index in [9.17, 15) is 9.59 Å². The van der Waals surface area contributed by atoms with E-state index < -0.39 is 0 Å². The number of guanidine groups is 1. The second-order valence-corrected chi connectivity index (χ2v) is 5.83. The first kappa shape index (κ1) is 15.1. The highest BCUT2D eigenvalue weighted by Gasteiger charge is 2.41. The molecule has 3 amide bonds. The summed E-state index contributed by atoms with van der Waals surface area (Å²) in [5.74, 6) is 0.523. The molecule has 0 aromatic carbocycles. The Hall–Kier alpha value is -1.83. The molecule has 3 aliphatic heterocycles. The van der Waals surface area contributed by atoms with Crippen molar-refractivity contribution in [2.75, 3.05) is 26.2 Å². The van der Waals surface area contributed by atoms with Gasteiger partial charge in [0.25, 0.3) is 0 Å². The number of nitrogens with one attached hydrogen (secondary N) is 3. The van der Waals surface area contributed by atoms with Crippen LogP contribution in [0.2, 0.25) is 0 Å². The fourth-order valence-electron chi connectivity index (χ4n) is 3.23. The van der Waals surface area contributed by atoms with Crippen LogP contribution in [0.4, 0.5) is 4.79 Å². The van der Waals surface area contributed by atoms with Crippen molar-refractivity contribution < 1.29 is 14.3 Å². The van der Waals surface area contributed by atoms with Crippen molar-refractivity contribution in [1.82, 2.24) is 20.9 Å². The maximum atomic E-state index is 11.5. The molecule has 0 aromatic rings. The van der Waals surface area contributed by atoms with Gasteiger partial charge in [0.2, 0.25) is 5.91 Å². The number of rotatable bonds is 5. The van der Waals surface area contributed by atoms with Gasteiger partial charge in [-0.1, -0.05) is 0 Å². The minimum atomic E-state index is -0.334. The fourth-order valence-corrected chi connectivity index (χ4v) is 3.23. The molecule has 2 bridgehead atoms. The van der Waals surface area contributed by atoms with Crippen LogP contribution in [-0.4, -0.2) is 67.2 Å². The fraction of sp³-hybridized carbons (Fsp3) is 0.786. The molecular weight excluding hydrogens is 286 g/mol. The molecule has 122 valence electrons. The van der Waals surface area contributed by atoms with Gasteiger partial charge >= 0.3 is 6.03 Å². The van der Waals surface area contributed by atoms with Crippen LogP contribution in [0.1, 0.15) is 26.2 Å². The van der Waals surface area contributed by atoms with Crippen molar-refractivity contribution >= 4 is 17.9 Å². The largest absolute Gasteiger partial charge is 0.373 e. The van der Waals surface area contributed by atoms with Crippen LogP contribution in [0.3, 0.4) is 0 Å². The summed E-state index contributed by atoms with van der Waals surface area (Å²) in [6.45, 7) is 3.54. The smallest absolute Gasteiger partial charge is 0.324 e. The highest BCUT2D eigenvalue weighted by Crippen LogP contribution is 2.34. The van der Waals surface area contributed by atoms with Gasteiger partial charge in [-0.05, 0) is 26.2 Å². The molecule has 0 radical (unpaired) electrons. The highest BCUT2D eigenvalue weighted by molar-refractivity contribution is 6.01. The summed E-state index contributed by atoms with van der Waals surface area (Å²) in [6, 6.07) is -0.0343. The monoisotopic (exact) mass is 309 g/mol. The molecule has 0 spiro atoms. The molecule has 0 aromatic heterocycles. The van der Waals surface area contributed by atoms with Crippen molar-refractivity contribution in [2.45, 2.75) is 44.4 Å². The first-order chi connectivity index (χ1) is 10.7. The summed E-state index contributed by atoms with van der Waals surface area (Å²) in [5.41, 5.74) is 0. The van der Waals surface area contributed by atoms with Gasteiger partial charge in [-0.3, -0.25) is 14.7 Å². The molecule has 0 saturated carbocycles. The number of fused-ring (bicyclic) bond motifs is 2. The molecule has 3 saturated heterocycles. The maximum Gasteiger partial charge on any atom is 0.324 e. The lowest BCUT2D eigenvalue weighted by Gasteiger charge is -2.22. The zero-order chi connectivity index (χ0) is 15.5. The summed E-state index contributed by atoms with van der Waals surface area (Å²) in [5, 5.41) is 9.10. The van der Waals surface area contributed by atoms with Gasteiger partial charge in [0.05, 0.1) is 37.9 Å². The molecule has 3 rings (SSSR count). The van der Waals surface area contributed by atoms with E-state index in [1.807, 2.05) is 6.92 Å². The van der Waals surface area contributed by atoms with Crippen molar-refractivity contribution in [3.8, 4) is 0 Å². The molecule has 3 N–H and O–H groups in total. The molecule has 3 atom stereocenters. The number of aliphatic imine (C=N–C) groups is 1. The summed E-state index contributed by atoms with van der Waals surface area (Å²) < 4.78 is 5.83. The third kappa shape index (κ3) is 3.16. The molecule has 3 heterocycles. The molecular formula is C14H23N5O3. The van der Waals surface area contributed by atoms with Crippen LogP contribution in [0.25, 0.3) is 0 Å². The number of amides is 3. The van der Waals surface area contributed by atoms with Gasteiger partial charge < -0.3 is 20.7 Å². The lowest BCUT2D eigenvalue weighted by atomic mass is 9.96. The number of urea groups is 1. The zero-order valence-electron chi connectivity index (χ0n) is 12.8. The predicted octanol–water partition coefficient (Wildman–Crippen LogP) is -0.587. The number of carbonyl (C=O) groups is 2. The topological polar surface area (TPSA) is 95.1 Å². The van der Waals surface area contributed by atoms with Gasteiger partial charge in [-0.15, -0.1) is 0 Å².